The minimum atomic E-state index is -0.322. The number of nitrogens with zero attached hydrogens (tertiary/aromatic N) is 2. The predicted octanol–water partition coefficient (Wildman–Crippen LogP) is 6.91. The van der Waals surface area contributed by atoms with Gasteiger partial charge in [-0.1, -0.05) is 41.0 Å². The van der Waals surface area contributed by atoms with Gasteiger partial charge in [-0.2, -0.15) is 0 Å². The maximum Gasteiger partial charge on any atom is 0.267 e. The van der Waals surface area contributed by atoms with Gasteiger partial charge in [-0.25, -0.2) is 4.98 Å². The SMILES string of the molecule is COc1ccc(-n2c(SCc3ccc(Cl)cc3Cl)nc3sc4c(c3c2=O)CC(C)(C)OC4)cc1. The van der Waals surface area contributed by atoms with E-state index in [-0.39, 0.29) is 11.2 Å². The fraction of sp³-hybridized carbons (Fsp3) is 0.280. The fourth-order valence-electron chi connectivity index (χ4n) is 4.01. The van der Waals surface area contributed by atoms with Crippen molar-refractivity contribution < 1.29 is 9.47 Å². The third-order valence-corrected chi connectivity index (χ3v) is 8.45. The van der Waals surface area contributed by atoms with E-state index in [1.807, 2.05) is 36.4 Å². The van der Waals surface area contributed by atoms with Crippen LogP contribution in [0.15, 0.2) is 52.4 Å². The highest BCUT2D eigenvalue weighted by molar-refractivity contribution is 7.98. The number of thioether (sulfide) groups is 1. The number of ether oxygens (including phenoxy) is 2. The van der Waals surface area contributed by atoms with E-state index in [4.69, 9.17) is 37.7 Å². The Morgan fingerprint density at radius 3 is 2.68 bits per heavy atom. The maximum atomic E-state index is 14.0. The molecule has 2 aromatic heterocycles. The summed E-state index contributed by atoms with van der Waals surface area (Å²) in [5, 5.41) is 2.46. The van der Waals surface area contributed by atoms with Crippen molar-refractivity contribution in [2.75, 3.05) is 7.11 Å². The number of fused-ring (bicyclic) bond motifs is 3. The lowest BCUT2D eigenvalue weighted by atomic mass is 9.94. The second kappa shape index (κ2) is 9.21. The van der Waals surface area contributed by atoms with Crippen LogP contribution < -0.4 is 10.3 Å². The molecule has 3 heterocycles. The number of hydrogen-bond donors (Lipinski definition) is 0. The molecule has 0 amide bonds. The van der Waals surface area contributed by atoms with Gasteiger partial charge in [0.15, 0.2) is 5.16 Å². The number of rotatable bonds is 5. The first-order valence-electron chi connectivity index (χ1n) is 10.7. The highest BCUT2D eigenvalue weighted by Crippen LogP contribution is 2.38. The van der Waals surface area contributed by atoms with Crippen LogP contribution in [0.25, 0.3) is 15.9 Å². The number of benzene rings is 2. The number of thiophene rings is 1. The normalized spacial score (nSPS) is 14.9. The predicted molar refractivity (Wildman–Crippen MR) is 140 cm³/mol. The van der Waals surface area contributed by atoms with Crippen LogP contribution in [-0.4, -0.2) is 22.3 Å². The molecule has 1 aliphatic heterocycles. The van der Waals surface area contributed by atoms with Crippen LogP contribution >= 0.6 is 46.3 Å². The topological polar surface area (TPSA) is 53.4 Å². The summed E-state index contributed by atoms with van der Waals surface area (Å²) in [6, 6.07) is 12.9. The summed E-state index contributed by atoms with van der Waals surface area (Å²) in [5.74, 6) is 1.27. The number of methoxy groups -OCH3 is 1. The van der Waals surface area contributed by atoms with Crippen LogP contribution in [0.4, 0.5) is 0 Å². The van der Waals surface area contributed by atoms with Crippen LogP contribution in [0.2, 0.25) is 10.0 Å². The first kappa shape index (κ1) is 23.7. The molecule has 0 unspecified atom stereocenters. The monoisotopic (exact) mass is 532 g/mol. The van der Waals surface area contributed by atoms with E-state index in [0.717, 1.165) is 32.3 Å². The van der Waals surface area contributed by atoms with Crippen molar-refractivity contribution in [1.29, 1.82) is 0 Å². The standard InChI is InChI=1S/C25H22Cl2N2O3S2/c1-25(2)11-18-20(12-32-25)34-22-21(18)23(30)29(16-6-8-17(31-3)9-7-16)24(28-22)33-13-14-4-5-15(26)10-19(14)27/h4-10H,11-13H2,1-3H3. The average molecular weight is 534 g/mol. The summed E-state index contributed by atoms with van der Waals surface area (Å²) in [5.41, 5.74) is 2.31. The Labute approximate surface area is 215 Å². The molecule has 0 aliphatic carbocycles. The van der Waals surface area contributed by atoms with Gasteiger partial charge in [-0.05, 0) is 61.4 Å². The maximum absolute atomic E-state index is 14.0. The van der Waals surface area contributed by atoms with Crippen molar-refractivity contribution in [2.24, 2.45) is 0 Å². The van der Waals surface area contributed by atoms with Crippen molar-refractivity contribution in [3.8, 4) is 11.4 Å². The Morgan fingerprint density at radius 1 is 1.21 bits per heavy atom. The zero-order valence-corrected chi connectivity index (χ0v) is 22.0. The molecule has 0 saturated carbocycles. The van der Waals surface area contributed by atoms with Crippen LogP contribution in [0.3, 0.4) is 0 Å². The van der Waals surface area contributed by atoms with E-state index in [9.17, 15) is 4.79 Å². The summed E-state index contributed by atoms with van der Waals surface area (Å²) in [4.78, 5) is 20.7. The Bertz CT molecular complexity index is 1450. The quantitative estimate of drug-likeness (QED) is 0.206. The van der Waals surface area contributed by atoms with Crippen LogP contribution in [0, 0.1) is 0 Å². The number of halogens is 2. The molecule has 0 radical (unpaired) electrons. The van der Waals surface area contributed by atoms with Crippen LogP contribution in [0.5, 0.6) is 5.75 Å². The molecule has 0 bridgehead atoms. The molecule has 2 aromatic carbocycles. The first-order chi connectivity index (χ1) is 16.3. The lowest BCUT2D eigenvalue weighted by Gasteiger charge is -2.29. The molecule has 0 spiro atoms. The van der Waals surface area contributed by atoms with Gasteiger partial charge in [0.05, 0.1) is 30.4 Å². The summed E-state index contributed by atoms with van der Waals surface area (Å²) in [6.45, 7) is 4.60. The molecular formula is C25H22Cl2N2O3S2. The highest BCUT2D eigenvalue weighted by Gasteiger charge is 2.31. The van der Waals surface area contributed by atoms with Crippen molar-refractivity contribution in [3.05, 3.63) is 78.9 Å². The van der Waals surface area contributed by atoms with Crippen molar-refractivity contribution >= 4 is 56.5 Å². The van der Waals surface area contributed by atoms with Gasteiger partial charge < -0.3 is 9.47 Å². The summed E-state index contributed by atoms with van der Waals surface area (Å²) in [6.07, 6.45) is 0.675. The smallest absolute Gasteiger partial charge is 0.267 e. The molecule has 9 heteroatoms. The van der Waals surface area contributed by atoms with Crippen LogP contribution in [-0.2, 0) is 23.5 Å². The molecule has 1 aliphatic rings. The summed E-state index contributed by atoms with van der Waals surface area (Å²) >= 11 is 15.5. The van der Waals surface area contributed by atoms with E-state index in [2.05, 4.69) is 13.8 Å². The van der Waals surface area contributed by atoms with E-state index in [0.29, 0.717) is 39.4 Å². The van der Waals surface area contributed by atoms with Crippen molar-refractivity contribution in [3.63, 3.8) is 0 Å². The van der Waals surface area contributed by atoms with Crippen molar-refractivity contribution in [2.45, 2.75) is 43.4 Å². The minimum Gasteiger partial charge on any atom is -0.497 e. The Balaban J connectivity index is 1.66. The molecule has 4 aromatic rings. The van der Waals surface area contributed by atoms with E-state index in [1.54, 1.807) is 17.7 Å². The van der Waals surface area contributed by atoms with Crippen molar-refractivity contribution in [1.82, 2.24) is 9.55 Å². The minimum absolute atomic E-state index is 0.0740. The first-order valence-corrected chi connectivity index (χ1v) is 13.2. The molecular weight excluding hydrogens is 511 g/mol. The molecule has 34 heavy (non-hydrogen) atoms. The van der Waals surface area contributed by atoms with Gasteiger partial charge in [0, 0.05) is 27.1 Å². The molecule has 5 nitrogen and oxygen atoms in total. The Kier molecular flexibility index (Phi) is 6.42. The van der Waals surface area contributed by atoms with E-state index >= 15 is 0 Å². The highest BCUT2D eigenvalue weighted by atomic mass is 35.5. The summed E-state index contributed by atoms with van der Waals surface area (Å²) in [7, 11) is 1.62. The molecule has 0 N–H and O–H groups in total. The zero-order valence-electron chi connectivity index (χ0n) is 18.9. The molecule has 176 valence electrons. The molecule has 0 atom stereocenters. The zero-order chi connectivity index (χ0) is 24.0. The summed E-state index contributed by atoms with van der Waals surface area (Å²) < 4.78 is 13.0. The van der Waals surface area contributed by atoms with E-state index in [1.165, 1.54) is 23.1 Å². The Morgan fingerprint density at radius 2 is 1.97 bits per heavy atom. The largest absolute Gasteiger partial charge is 0.497 e. The third kappa shape index (κ3) is 4.48. The second-order valence-electron chi connectivity index (χ2n) is 8.67. The second-order valence-corrected chi connectivity index (χ2v) is 11.5. The van der Waals surface area contributed by atoms with Gasteiger partial charge in [0.2, 0.25) is 0 Å². The molecule has 0 fully saturated rings. The van der Waals surface area contributed by atoms with Gasteiger partial charge in [0.25, 0.3) is 5.56 Å². The Hall–Kier alpha value is -2.03. The number of hydrogen-bond acceptors (Lipinski definition) is 6. The van der Waals surface area contributed by atoms with Crippen LogP contribution in [0.1, 0.15) is 29.9 Å². The van der Waals surface area contributed by atoms with Gasteiger partial charge >= 0.3 is 0 Å². The van der Waals surface area contributed by atoms with Gasteiger partial charge in [0.1, 0.15) is 10.6 Å². The van der Waals surface area contributed by atoms with Gasteiger partial charge in [-0.15, -0.1) is 11.3 Å². The van der Waals surface area contributed by atoms with Gasteiger partial charge in [-0.3, -0.25) is 9.36 Å². The molecule has 0 saturated heterocycles. The average Bonchev–Trinajstić information content (AvgIpc) is 3.15. The third-order valence-electron chi connectivity index (χ3n) is 5.78. The number of aromatic nitrogens is 2. The molecule has 5 rings (SSSR count). The lowest BCUT2D eigenvalue weighted by molar-refractivity contribution is -0.0379. The fourth-order valence-corrected chi connectivity index (χ4v) is 6.73. The lowest BCUT2D eigenvalue weighted by Crippen LogP contribution is -2.32. The van der Waals surface area contributed by atoms with E-state index < -0.39 is 0 Å².